The molecule has 3 rings (SSSR count). The fourth-order valence-electron chi connectivity index (χ4n) is 2.43. The lowest BCUT2D eigenvalue weighted by Crippen LogP contribution is -2.18. The van der Waals surface area contributed by atoms with Crippen LogP contribution < -0.4 is 9.47 Å². The van der Waals surface area contributed by atoms with Crippen molar-refractivity contribution in [2.24, 2.45) is 0 Å². The third-order valence-corrected chi connectivity index (χ3v) is 3.45. The highest BCUT2D eigenvalue weighted by Crippen LogP contribution is 2.32. The van der Waals surface area contributed by atoms with Crippen LogP contribution in [0.3, 0.4) is 0 Å². The van der Waals surface area contributed by atoms with Gasteiger partial charge in [0.05, 0.1) is 13.4 Å². The predicted molar refractivity (Wildman–Crippen MR) is 77.8 cm³/mol. The van der Waals surface area contributed by atoms with Gasteiger partial charge in [-0.1, -0.05) is 6.07 Å². The van der Waals surface area contributed by atoms with E-state index < -0.39 is 5.97 Å². The Labute approximate surface area is 128 Å². The van der Waals surface area contributed by atoms with Crippen LogP contribution in [-0.4, -0.2) is 31.8 Å². The molecule has 0 fully saturated rings. The lowest BCUT2D eigenvalue weighted by molar-refractivity contribution is 0.0562. The van der Waals surface area contributed by atoms with Crippen molar-refractivity contribution in [2.75, 3.05) is 21.0 Å². The molecule has 0 aliphatic carbocycles. The fraction of sp³-hybridized carbons (Fsp3) is 0.312. The minimum Gasteiger partial charge on any atom is -0.463 e. The van der Waals surface area contributed by atoms with Crippen molar-refractivity contribution in [1.82, 2.24) is 4.90 Å². The summed E-state index contributed by atoms with van der Waals surface area (Å²) in [4.78, 5) is 13.7. The predicted octanol–water partition coefficient (Wildman–Crippen LogP) is 2.43. The summed E-state index contributed by atoms with van der Waals surface area (Å²) < 4.78 is 20.6. The quantitative estimate of drug-likeness (QED) is 0.791. The van der Waals surface area contributed by atoms with Crippen molar-refractivity contribution >= 4 is 5.97 Å². The summed E-state index contributed by atoms with van der Waals surface area (Å²) in [5, 5.41) is 0. The normalized spacial score (nSPS) is 12.7. The molecular weight excluding hydrogens is 286 g/mol. The Bertz CT molecular complexity index is 679. The Kier molecular flexibility index (Phi) is 4.02. The smallest absolute Gasteiger partial charge is 0.374 e. The Morgan fingerprint density at radius 1 is 1.23 bits per heavy atom. The molecule has 1 aliphatic heterocycles. The lowest BCUT2D eigenvalue weighted by Gasteiger charge is -2.16. The maximum Gasteiger partial charge on any atom is 0.374 e. The highest BCUT2D eigenvalue weighted by molar-refractivity contribution is 5.87. The average Bonchev–Trinajstić information content (AvgIpc) is 3.14. The number of fused-ring (bicyclic) bond motifs is 1. The van der Waals surface area contributed by atoms with Crippen molar-refractivity contribution in [3.05, 3.63) is 47.4 Å². The molecule has 116 valence electrons. The van der Waals surface area contributed by atoms with Crippen LogP contribution in [0.15, 0.2) is 34.9 Å². The monoisotopic (exact) mass is 303 g/mol. The first-order valence-corrected chi connectivity index (χ1v) is 6.89. The SMILES string of the molecule is COC(=O)c1occc1CN(C)Cc1ccc2c(c1)OCO2. The van der Waals surface area contributed by atoms with Crippen molar-refractivity contribution in [3.8, 4) is 11.5 Å². The number of hydrogen-bond donors (Lipinski definition) is 0. The van der Waals surface area contributed by atoms with Crippen LogP contribution in [-0.2, 0) is 17.8 Å². The Hall–Kier alpha value is -2.47. The molecular formula is C16H17NO5. The molecule has 2 aromatic rings. The van der Waals surface area contributed by atoms with Crippen LogP contribution in [0, 0.1) is 0 Å². The number of nitrogens with zero attached hydrogens (tertiary/aromatic N) is 1. The molecule has 0 spiro atoms. The van der Waals surface area contributed by atoms with Crippen LogP contribution in [0.4, 0.5) is 0 Å². The van der Waals surface area contributed by atoms with Gasteiger partial charge in [-0.25, -0.2) is 4.79 Å². The van der Waals surface area contributed by atoms with Crippen molar-refractivity contribution in [1.29, 1.82) is 0 Å². The number of furan rings is 1. The number of ether oxygens (including phenoxy) is 3. The molecule has 0 saturated carbocycles. The molecule has 0 N–H and O–H groups in total. The van der Waals surface area contributed by atoms with Crippen LogP contribution in [0.1, 0.15) is 21.7 Å². The van der Waals surface area contributed by atoms with Gasteiger partial charge in [0.25, 0.3) is 0 Å². The summed E-state index contributed by atoms with van der Waals surface area (Å²) in [6.45, 7) is 1.56. The van der Waals surface area contributed by atoms with Crippen molar-refractivity contribution < 1.29 is 23.4 Å². The second kappa shape index (κ2) is 6.11. The molecule has 1 aromatic carbocycles. The van der Waals surface area contributed by atoms with E-state index in [1.165, 1.54) is 13.4 Å². The molecule has 0 radical (unpaired) electrons. The van der Waals surface area contributed by atoms with E-state index >= 15 is 0 Å². The zero-order chi connectivity index (χ0) is 15.5. The average molecular weight is 303 g/mol. The zero-order valence-corrected chi connectivity index (χ0v) is 12.5. The standard InChI is InChI=1S/C16H17NO5/c1-17(9-12-5-6-20-15(12)16(18)19-2)8-11-3-4-13-14(7-11)22-10-21-13/h3-7H,8-10H2,1-2H3. The Balaban J connectivity index is 1.67. The summed E-state index contributed by atoms with van der Waals surface area (Å²) in [5.74, 6) is 1.33. The largest absolute Gasteiger partial charge is 0.463 e. The number of benzene rings is 1. The number of methoxy groups -OCH3 is 1. The third-order valence-electron chi connectivity index (χ3n) is 3.45. The zero-order valence-electron chi connectivity index (χ0n) is 12.5. The van der Waals surface area contributed by atoms with E-state index in [4.69, 9.17) is 18.6 Å². The molecule has 2 heterocycles. The topological polar surface area (TPSA) is 61.1 Å². The summed E-state index contributed by atoms with van der Waals surface area (Å²) in [6, 6.07) is 7.65. The highest BCUT2D eigenvalue weighted by atomic mass is 16.7. The summed E-state index contributed by atoms with van der Waals surface area (Å²) in [5.41, 5.74) is 1.91. The van der Waals surface area contributed by atoms with E-state index in [9.17, 15) is 4.79 Å². The summed E-state index contributed by atoms with van der Waals surface area (Å²) in [6.07, 6.45) is 1.50. The van der Waals surface area contributed by atoms with Gasteiger partial charge in [-0.2, -0.15) is 0 Å². The molecule has 6 heteroatoms. The van der Waals surface area contributed by atoms with E-state index in [2.05, 4.69) is 4.90 Å². The molecule has 0 atom stereocenters. The van der Waals surface area contributed by atoms with Gasteiger partial charge in [0.1, 0.15) is 0 Å². The Morgan fingerprint density at radius 2 is 2.05 bits per heavy atom. The van der Waals surface area contributed by atoms with Gasteiger partial charge in [0.2, 0.25) is 12.6 Å². The van der Waals surface area contributed by atoms with Gasteiger partial charge in [-0.15, -0.1) is 0 Å². The molecule has 0 saturated heterocycles. The van der Waals surface area contributed by atoms with Crippen molar-refractivity contribution in [3.63, 3.8) is 0 Å². The van der Waals surface area contributed by atoms with E-state index in [0.29, 0.717) is 13.1 Å². The third kappa shape index (κ3) is 2.92. The van der Waals surface area contributed by atoms with E-state index in [0.717, 1.165) is 22.6 Å². The first-order valence-electron chi connectivity index (χ1n) is 6.89. The lowest BCUT2D eigenvalue weighted by atomic mass is 10.1. The van der Waals surface area contributed by atoms with Gasteiger partial charge in [0, 0.05) is 18.7 Å². The molecule has 1 aliphatic rings. The fourth-order valence-corrected chi connectivity index (χ4v) is 2.43. The molecule has 22 heavy (non-hydrogen) atoms. The number of rotatable bonds is 5. The van der Waals surface area contributed by atoms with Gasteiger partial charge in [-0.3, -0.25) is 4.90 Å². The number of carbonyl (C=O) groups is 1. The maximum atomic E-state index is 11.6. The van der Waals surface area contributed by atoms with Crippen LogP contribution in [0.2, 0.25) is 0 Å². The highest BCUT2D eigenvalue weighted by Gasteiger charge is 2.18. The van der Waals surface area contributed by atoms with E-state index in [1.54, 1.807) is 6.07 Å². The molecule has 1 aromatic heterocycles. The number of carbonyl (C=O) groups excluding carboxylic acids is 1. The second-order valence-electron chi connectivity index (χ2n) is 5.13. The summed E-state index contributed by atoms with van der Waals surface area (Å²) in [7, 11) is 3.31. The van der Waals surface area contributed by atoms with Gasteiger partial charge >= 0.3 is 5.97 Å². The molecule has 6 nitrogen and oxygen atoms in total. The Morgan fingerprint density at radius 3 is 2.86 bits per heavy atom. The van der Waals surface area contributed by atoms with Crippen LogP contribution >= 0.6 is 0 Å². The number of hydrogen-bond acceptors (Lipinski definition) is 6. The number of esters is 1. The minimum absolute atomic E-state index is 0.250. The van der Waals surface area contributed by atoms with E-state index in [-0.39, 0.29) is 12.6 Å². The van der Waals surface area contributed by atoms with Gasteiger partial charge in [-0.05, 0) is 30.8 Å². The van der Waals surface area contributed by atoms with Crippen molar-refractivity contribution in [2.45, 2.75) is 13.1 Å². The van der Waals surface area contributed by atoms with Crippen LogP contribution in [0.5, 0.6) is 11.5 Å². The minimum atomic E-state index is -0.462. The van der Waals surface area contributed by atoms with Crippen LogP contribution in [0.25, 0.3) is 0 Å². The van der Waals surface area contributed by atoms with Gasteiger partial charge < -0.3 is 18.6 Å². The molecule has 0 bridgehead atoms. The summed E-state index contributed by atoms with van der Waals surface area (Å²) >= 11 is 0. The molecule has 0 amide bonds. The first kappa shape index (κ1) is 14.5. The second-order valence-corrected chi connectivity index (χ2v) is 5.13. The first-order chi connectivity index (χ1) is 10.7. The maximum absolute atomic E-state index is 11.6. The van der Waals surface area contributed by atoms with Gasteiger partial charge in [0.15, 0.2) is 11.5 Å². The van der Waals surface area contributed by atoms with E-state index in [1.807, 2.05) is 25.2 Å². The molecule has 0 unspecified atom stereocenters.